The number of amides is 2. The Balaban J connectivity index is 0.000000226. The van der Waals surface area contributed by atoms with E-state index in [9.17, 15) is 9.59 Å². The first-order valence-corrected chi connectivity index (χ1v) is 14.0. The maximum Gasteiger partial charge on any atom is 0.257 e. The fourth-order valence-electron chi connectivity index (χ4n) is 4.34. The molecule has 1 N–H and O–H groups in total. The molecule has 5 rings (SSSR count). The number of nitrogens with one attached hydrogen (secondary N) is 1. The molecule has 0 spiro atoms. The van der Waals surface area contributed by atoms with Gasteiger partial charge in [0.05, 0.1) is 5.69 Å². The highest BCUT2D eigenvalue weighted by Crippen LogP contribution is 2.28. The molecule has 0 radical (unpaired) electrons. The van der Waals surface area contributed by atoms with E-state index >= 15 is 0 Å². The third kappa shape index (κ3) is 8.05. The summed E-state index contributed by atoms with van der Waals surface area (Å²) in [6.07, 6.45) is 6.31. The summed E-state index contributed by atoms with van der Waals surface area (Å²) in [5, 5.41) is 3.57. The van der Waals surface area contributed by atoms with Crippen LogP contribution in [0, 0.1) is 6.92 Å². The van der Waals surface area contributed by atoms with Gasteiger partial charge in [0.2, 0.25) is 6.41 Å². The Hall–Kier alpha value is -3.88. The van der Waals surface area contributed by atoms with Gasteiger partial charge in [-0.25, -0.2) is 4.98 Å². The smallest absolute Gasteiger partial charge is 0.257 e. The summed E-state index contributed by atoms with van der Waals surface area (Å²) >= 11 is 1.55. The third-order valence-corrected chi connectivity index (χ3v) is 7.44. The highest BCUT2D eigenvalue weighted by molar-refractivity contribution is 7.15. The van der Waals surface area contributed by atoms with E-state index in [0.29, 0.717) is 23.8 Å². The zero-order valence-corrected chi connectivity index (χ0v) is 23.6. The standard InChI is InChI=1S/C19H24N4O2S.C12H11N/c1-3-8-23(13-24)11-14-5-4-6-15(10-14)18(25)21-19-20-16-7-9-22(2)12-17(16)26-19;1-10-2-4-11(5-3-10)12-6-8-13-9-7-12/h4-6,10,13H,3,7-9,11-12H2,1-2H3,(H,20,21,25);2-9H,1H3. The summed E-state index contributed by atoms with van der Waals surface area (Å²) in [7, 11) is 2.09. The van der Waals surface area contributed by atoms with Crippen molar-refractivity contribution in [2.45, 2.75) is 39.8 Å². The summed E-state index contributed by atoms with van der Waals surface area (Å²) in [5.74, 6) is -0.167. The lowest BCUT2D eigenvalue weighted by molar-refractivity contribution is -0.118. The molecule has 2 aromatic carbocycles. The minimum atomic E-state index is -0.167. The zero-order valence-electron chi connectivity index (χ0n) is 22.8. The van der Waals surface area contributed by atoms with Crippen molar-refractivity contribution < 1.29 is 9.59 Å². The highest BCUT2D eigenvalue weighted by Gasteiger charge is 2.19. The van der Waals surface area contributed by atoms with Crippen molar-refractivity contribution in [1.82, 2.24) is 19.8 Å². The van der Waals surface area contributed by atoms with E-state index in [4.69, 9.17) is 0 Å². The Labute approximate surface area is 234 Å². The minimum Gasteiger partial charge on any atom is -0.341 e. The lowest BCUT2D eigenvalue weighted by Gasteiger charge is -2.20. The number of fused-ring (bicyclic) bond motifs is 1. The van der Waals surface area contributed by atoms with E-state index in [-0.39, 0.29) is 5.91 Å². The summed E-state index contributed by atoms with van der Waals surface area (Å²) in [6.45, 7) is 7.23. The van der Waals surface area contributed by atoms with Crippen LogP contribution in [-0.2, 0) is 24.3 Å². The van der Waals surface area contributed by atoms with Gasteiger partial charge in [0.25, 0.3) is 5.91 Å². The van der Waals surface area contributed by atoms with Gasteiger partial charge in [-0.2, -0.15) is 0 Å². The molecule has 8 heteroatoms. The number of hydrogen-bond acceptors (Lipinski definition) is 6. The van der Waals surface area contributed by atoms with Gasteiger partial charge in [-0.1, -0.05) is 48.9 Å². The number of rotatable bonds is 8. The van der Waals surface area contributed by atoms with Gasteiger partial charge in [0, 0.05) is 55.4 Å². The molecule has 0 aliphatic carbocycles. The molecule has 0 atom stereocenters. The lowest BCUT2D eigenvalue weighted by atomic mass is 10.1. The van der Waals surface area contributed by atoms with Crippen LogP contribution in [0.3, 0.4) is 0 Å². The van der Waals surface area contributed by atoms with E-state index in [1.54, 1.807) is 22.3 Å². The predicted molar refractivity (Wildman–Crippen MR) is 158 cm³/mol. The van der Waals surface area contributed by atoms with Gasteiger partial charge in [-0.15, -0.1) is 11.3 Å². The molecule has 1 aliphatic heterocycles. The van der Waals surface area contributed by atoms with Crippen molar-refractivity contribution in [2.75, 3.05) is 25.5 Å². The molecule has 7 nitrogen and oxygen atoms in total. The number of thiazole rings is 1. The van der Waals surface area contributed by atoms with Crippen LogP contribution in [0.4, 0.5) is 5.13 Å². The van der Waals surface area contributed by atoms with Crippen LogP contribution in [0.1, 0.15) is 45.4 Å². The number of carbonyl (C=O) groups is 2. The van der Waals surface area contributed by atoms with Crippen molar-refractivity contribution in [2.24, 2.45) is 0 Å². The molecule has 0 saturated carbocycles. The van der Waals surface area contributed by atoms with Gasteiger partial charge in [0.15, 0.2) is 5.13 Å². The lowest BCUT2D eigenvalue weighted by Crippen LogP contribution is -2.25. The van der Waals surface area contributed by atoms with Crippen molar-refractivity contribution in [3.63, 3.8) is 0 Å². The Morgan fingerprint density at radius 2 is 1.85 bits per heavy atom. The summed E-state index contributed by atoms with van der Waals surface area (Å²) in [6, 6.07) is 19.9. The fourth-order valence-corrected chi connectivity index (χ4v) is 5.42. The number of carbonyl (C=O) groups excluding carboxylic acids is 2. The topological polar surface area (TPSA) is 78.4 Å². The number of aryl methyl sites for hydroxylation is 1. The Bertz CT molecular complexity index is 1370. The largest absolute Gasteiger partial charge is 0.341 e. The van der Waals surface area contributed by atoms with Crippen LogP contribution in [0.2, 0.25) is 0 Å². The molecule has 3 heterocycles. The maximum atomic E-state index is 12.6. The SMILES string of the molecule is CCCN(C=O)Cc1cccc(C(=O)Nc2nc3c(s2)CN(C)CC3)c1.Cc1ccc(-c2ccncc2)cc1. The van der Waals surface area contributed by atoms with E-state index in [2.05, 4.69) is 58.4 Å². The molecular formula is C31H35N5O2S. The number of anilines is 1. The first-order chi connectivity index (χ1) is 18.9. The van der Waals surface area contributed by atoms with Crippen LogP contribution in [-0.4, -0.2) is 52.2 Å². The molecular weight excluding hydrogens is 506 g/mol. The number of likely N-dealkylation sites (N-methyl/N-ethyl adjacent to an activating group) is 1. The molecule has 0 fully saturated rings. The number of pyridine rings is 1. The monoisotopic (exact) mass is 541 g/mol. The van der Waals surface area contributed by atoms with Crippen molar-refractivity contribution >= 4 is 28.8 Å². The summed E-state index contributed by atoms with van der Waals surface area (Å²) in [5.41, 5.74) is 6.37. The summed E-state index contributed by atoms with van der Waals surface area (Å²) < 4.78 is 0. The quantitative estimate of drug-likeness (QED) is 0.285. The van der Waals surface area contributed by atoms with Crippen LogP contribution >= 0.6 is 11.3 Å². The Kier molecular flexibility index (Phi) is 9.94. The van der Waals surface area contributed by atoms with E-state index in [1.165, 1.54) is 21.6 Å². The summed E-state index contributed by atoms with van der Waals surface area (Å²) in [4.78, 5) is 37.4. The average Bonchev–Trinajstić information content (AvgIpc) is 3.35. The average molecular weight is 542 g/mol. The fraction of sp³-hybridized carbons (Fsp3) is 0.290. The van der Waals surface area contributed by atoms with E-state index in [0.717, 1.165) is 43.6 Å². The van der Waals surface area contributed by atoms with Gasteiger partial charge < -0.3 is 9.80 Å². The molecule has 0 bridgehead atoms. The second-order valence-corrected chi connectivity index (χ2v) is 10.8. The van der Waals surface area contributed by atoms with Crippen LogP contribution in [0.5, 0.6) is 0 Å². The minimum absolute atomic E-state index is 0.167. The first-order valence-electron chi connectivity index (χ1n) is 13.2. The molecule has 2 aromatic heterocycles. The zero-order chi connectivity index (χ0) is 27.6. The molecule has 2 amide bonds. The molecule has 0 unspecified atom stereocenters. The van der Waals surface area contributed by atoms with Gasteiger partial charge in [0.1, 0.15) is 0 Å². The van der Waals surface area contributed by atoms with Crippen LogP contribution in [0.25, 0.3) is 11.1 Å². The molecule has 202 valence electrons. The second kappa shape index (κ2) is 13.8. The normalized spacial score (nSPS) is 12.6. The second-order valence-electron chi connectivity index (χ2n) is 9.71. The van der Waals surface area contributed by atoms with Crippen molar-refractivity contribution in [1.29, 1.82) is 0 Å². The van der Waals surface area contributed by atoms with E-state index in [1.807, 2.05) is 49.6 Å². The molecule has 4 aromatic rings. The van der Waals surface area contributed by atoms with Gasteiger partial charge in [-0.3, -0.25) is 19.9 Å². The van der Waals surface area contributed by atoms with Crippen molar-refractivity contribution in [3.05, 3.63) is 100 Å². The van der Waals surface area contributed by atoms with E-state index < -0.39 is 0 Å². The number of nitrogens with zero attached hydrogens (tertiary/aromatic N) is 4. The van der Waals surface area contributed by atoms with Gasteiger partial charge >= 0.3 is 0 Å². The van der Waals surface area contributed by atoms with Crippen LogP contribution in [0.15, 0.2) is 73.1 Å². The maximum absolute atomic E-state index is 12.6. The van der Waals surface area contributed by atoms with Crippen molar-refractivity contribution in [3.8, 4) is 11.1 Å². The van der Waals surface area contributed by atoms with Gasteiger partial charge in [-0.05, 0) is 61.3 Å². The molecule has 39 heavy (non-hydrogen) atoms. The highest BCUT2D eigenvalue weighted by atomic mass is 32.1. The number of benzene rings is 2. The molecule has 0 saturated heterocycles. The van der Waals surface area contributed by atoms with Crippen LogP contribution < -0.4 is 5.32 Å². The predicted octanol–water partition coefficient (Wildman–Crippen LogP) is 5.81. The third-order valence-electron chi connectivity index (χ3n) is 6.44. The Morgan fingerprint density at radius 3 is 2.56 bits per heavy atom. The number of hydrogen-bond donors (Lipinski definition) is 1. The molecule has 1 aliphatic rings. The first kappa shape index (κ1) is 28.1. The number of aromatic nitrogens is 2. The Morgan fingerprint density at radius 1 is 1.10 bits per heavy atom.